The number of rotatable bonds is 2. The molecular formula is C20H26BrN3O2. The predicted octanol–water partition coefficient (Wildman–Crippen LogP) is 4.66. The Morgan fingerprint density at radius 1 is 1.31 bits per heavy atom. The molecule has 0 radical (unpaired) electrons. The van der Waals surface area contributed by atoms with Gasteiger partial charge in [-0.25, -0.2) is 4.79 Å². The molecule has 2 bridgehead atoms. The molecule has 1 amide bonds. The lowest BCUT2D eigenvalue weighted by Gasteiger charge is -2.42. The fourth-order valence-corrected chi connectivity index (χ4v) is 4.48. The van der Waals surface area contributed by atoms with Crippen molar-refractivity contribution in [3.8, 4) is 6.07 Å². The molecule has 3 atom stereocenters. The number of anilines is 1. The van der Waals surface area contributed by atoms with E-state index in [-0.39, 0.29) is 24.1 Å². The number of carbonyl (C=O) groups excluding carboxylic acids is 1. The molecule has 2 aliphatic rings. The van der Waals surface area contributed by atoms with E-state index in [2.05, 4.69) is 33.0 Å². The molecule has 3 rings (SSSR count). The molecule has 5 nitrogen and oxygen atoms in total. The molecule has 2 fully saturated rings. The van der Waals surface area contributed by atoms with Gasteiger partial charge < -0.3 is 9.64 Å². The number of halogens is 1. The minimum atomic E-state index is -0.468. The first kappa shape index (κ1) is 19.0. The molecule has 0 spiro atoms. The molecule has 0 N–H and O–H groups in total. The number of nitrogens with zero attached hydrogens (tertiary/aromatic N) is 3. The molecule has 0 saturated carbocycles. The predicted molar refractivity (Wildman–Crippen MR) is 105 cm³/mol. The van der Waals surface area contributed by atoms with Crippen LogP contribution in [-0.4, -0.2) is 41.8 Å². The normalized spacial score (nSPS) is 23.5. The Morgan fingerprint density at radius 2 is 1.92 bits per heavy atom. The second-order valence-corrected chi connectivity index (χ2v) is 9.09. The third kappa shape index (κ3) is 3.83. The average Bonchev–Trinajstić information content (AvgIpc) is 2.83. The fourth-order valence-electron chi connectivity index (χ4n) is 3.84. The Morgan fingerprint density at radius 3 is 2.42 bits per heavy atom. The van der Waals surface area contributed by atoms with Gasteiger partial charge in [0.1, 0.15) is 5.60 Å². The van der Waals surface area contributed by atoms with E-state index in [4.69, 9.17) is 10.00 Å². The molecular weight excluding hydrogens is 394 g/mol. The van der Waals surface area contributed by atoms with Gasteiger partial charge in [0.15, 0.2) is 0 Å². The van der Waals surface area contributed by atoms with E-state index in [9.17, 15) is 4.79 Å². The van der Waals surface area contributed by atoms with Crippen LogP contribution in [0.1, 0.15) is 52.0 Å². The SMILES string of the molecule is CC(C#N)c1ccc(N2CC3CCC(C2)N3C(=O)OC(C)(C)C)c(Br)c1. The van der Waals surface area contributed by atoms with Gasteiger partial charge in [0.2, 0.25) is 0 Å². The number of hydrogen-bond acceptors (Lipinski definition) is 4. The maximum absolute atomic E-state index is 12.6. The molecule has 0 aromatic heterocycles. The standard InChI is InChI=1S/C20H26BrN3O2/c1-13(10-22)14-5-8-18(17(21)9-14)23-11-15-6-7-16(12-23)24(15)19(25)26-20(2,3)4/h5,8-9,13,15-16H,6-7,11-12H2,1-4H3. The smallest absolute Gasteiger partial charge is 0.410 e. The Balaban J connectivity index is 1.75. The zero-order valence-electron chi connectivity index (χ0n) is 15.8. The van der Waals surface area contributed by atoms with E-state index in [0.29, 0.717) is 0 Å². The molecule has 1 aromatic rings. The highest BCUT2D eigenvalue weighted by Gasteiger charge is 2.44. The summed E-state index contributed by atoms with van der Waals surface area (Å²) in [4.78, 5) is 16.9. The number of fused-ring (bicyclic) bond motifs is 2. The lowest BCUT2D eigenvalue weighted by molar-refractivity contribution is 0.0123. The average molecular weight is 420 g/mol. The summed E-state index contributed by atoms with van der Waals surface area (Å²) in [7, 11) is 0. The first-order chi connectivity index (χ1) is 12.2. The Bertz CT molecular complexity index is 724. The summed E-state index contributed by atoms with van der Waals surface area (Å²) < 4.78 is 6.61. The number of benzene rings is 1. The highest BCUT2D eigenvalue weighted by molar-refractivity contribution is 9.10. The third-order valence-electron chi connectivity index (χ3n) is 5.09. The number of piperazine rings is 1. The molecule has 140 valence electrons. The van der Waals surface area contributed by atoms with Crippen LogP contribution in [0.3, 0.4) is 0 Å². The van der Waals surface area contributed by atoms with Crippen molar-refractivity contribution in [3.63, 3.8) is 0 Å². The first-order valence-electron chi connectivity index (χ1n) is 9.15. The Labute approximate surface area is 164 Å². The summed E-state index contributed by atoms with van der Waals surface area (Å²) in [6.07, 6.45) is 1.84. The molecule has 2 saturated heterocycles. The van der Waals surface area contributed by atoms with E-state index in [1.165, 1.54) is 0 Å². The van der Waals surface area contributed by atoms with Gasteiger partial charge in [-0.05, 0) is 74.2 Å². The van der Waals surface area contributed by atoms with Crippen molar-refractivity contribution in [3.05, 3.63) is 28.2 Å². The van der Waals surface area contributed by atoms with Crippen molar-refractivity contribution < 1.29 is 9.53 Å². The first-order valence-corrected chi connectivity index (χ1v) is 9.94. The van der Waals surface area contributed by atoms with Gasteiger partial charge in [0.25, 0.3) is 0 Å². The minimum absolute atomic E-state index is 0.124. The number of carbonyl (C=O) groups is 1. The summed E-state index contributed by atoms with van der Waals surface area (Å²) in [6, 6.07) is 8.79. The van der Waals surface area contributed by atoms with Gasteiger partial charge in [-0.1, -0.05) is 6.07 Å². The Kier molecular flexibility index (Phi) is 5.21. The highest BCUT2D eigenvalue weighted by Crippen LogP contribution is 2.37. The van der Waals surface area contributed by atoms with Gasteiger partial charge in [0, 0.05) is 17.6 Å². The fraction of sp³-hybridized carbons (Fsp3) is 0.600. The van der Waals surface area contributed by atoms with Crippen molar-refractivity contribution >= 4 is 27.7 Å². The molecule has 6 heteroatoms. The van der Waals surface area contributed by atoms with Crippen molar-refractivity contribution in [1.29, 1.82) is 5.26 Å². The summed E-state index contributed by atoms with van der Waals surface area (Å²) in [5.41, 5.74) is 1.67. The summed E-state index contributed by atoms with van der Waals surface area (Å²) in [6.45, 7) is 9.24. The third-order valence-corrected chi connectivity index (χ3v) is 5.73. The van der Waals surface area contributed by atoms with Crippen LogP contribution in [-0.2, 0) is 4.74 Å². The molecule has 2 aliphatic heterocycles. The summed E-state index contributed by atoms with van der Waals surface area (Å²) >= 11 is 3.67. The van der Waals surface area contributed by atoms with E-state index in [0.717, 1.165) is 41.7 Å². The van der Waals surface area contributed by atoms with Gasteiger partial charge in [-0.15, -0.1) is 0 Å². The van der Waals surface area contributed by atoms with Crippen LogP contribution in [0.15, 0.2) is 22.7 Å². The molecule has 3 unspecified atom stereocenters. The van der Waals surface area contributed by atoms with Crippen LogP contribution < -0.4 is 4.90 Å². The van der Waals surface area contributed by atoms with Crippen LogP contribution in [0.5, 0.6) is 0 Å². The van der Waals surface area contributed by atoms with E-state index >= 15 is 0 Å². The van der Waals surface area contributed by atoms with Crippen LogP contribution >= 0.6 is 15.9 Å². The monoisotopic (exact) mass is 419 g/mol. The molecule has 1 aromatic carbocycles. The van der Waals surface area contributed by atoms with E-state index < -0.39 is 5.60 Å². The number of ether oxygens (including phenoxy) is 1. The maximum atomic E-state index is 12.6. The second-order valence-electron chi connectivity index (χ2n) is 8.24. The second kappa shape index (κ2) is 7.11. The van der Waals surface area contributed by atoms with E-state index in [1.54, 1.807) is 0 Å². The van der Waals surface area contributed by atoms with Crippen molar-refractivity contribution in [2.45, 2.75) is 64.1 Å². The van der Waals surface area contributed by atoms with Crippen molar-refractivity contribution in [1.82, 2.24) is 4.90 Å². The van der Waals surface area contributed by atoms with Crippen molar-refractivity contribution in [2.75, 3.05) is 18.0 Å². The summed E-state index contributed by atoms with van der Waals surface area (Å²) in [5, 5.41) is 9.11. The van der Waals surface area contributed by atoms with Gasteiger partial charge in [-0.3, -0.25) is 4.90 Å². The molecule has 2 heterocycles. The molecule has 26 heavy (non-hydrogen) atoms. The number of hydrogen-bond donors (Lipinski definition) is 0. The minimum Gasteiger partial charge on any atom is -0.444 e. The zero-order valence-corrected chi connectivity index (χ0v) is 17.4. The topological polar surface area (TPSA) is 56.6 Å². The van der Waals surface area contributed by atoms with Crippen LogP contribution in [0, 0.1) is 11.3 Å². The van der Waals surface area contributed by atoms with Gasteiger partial charge in [0.05, 0.1) is 29.8 Å². The van der Waals surface area contributed by atoms with Crippen LogP contribution in [0.4, 0.5) is 10.5 Å². The summed E-state index contributed by atoms with van der Waals surface area (Å²) in [5.74, 6) is -0.124. The van der Waals surface area contributed by atoms with Gasteiger partial charge in [-0.2, -0.15) is 5.26 Å². The van der Waals surface area contributed by atoms with Gasteiger partial charge >= 0.3 is 6.09 Å². The zero-order chi connectivity index (χ0) is 19.1. The van der Waals surface area contributed by atoms with Crippen LogP contribution in [0.25, 0.3) is 0 Å². The highest BCUT2D eigenvalue weighted by atomic mass is 79.9. The Hall–Kier alpha value is -1.74. The number of amides is 1. The van der Waals surface area contributed by atoms with E-state index in [1.807, 2.05) is 44.7 Å². The maximum Gasteiger partial charge on any atom is 0.410 e. The lowest BCUT2D eigenvalue weighted by Crippen LogP contribution is -2.56. The lowest BCUT2D eigenvalue weighted by atomic mass is 10.0. The largest absolute Gasteiger partial charge is 0.444 e. The quantitative estimate of drug-likeness (QED) is 0.698. The molecule has 0 aliphatic carbocycles. The van der Waals surface area contributed by atoms with Crippen LogP contribution in [0.2, 0.25) is 0 Å². The number of nitriles is 1. The van der Waals surface area contributed by atoms with Crippen molar-refractivity contribution in [2.24, 2.45) is 0 Å².